The fourth-order valence-electron chi connectivity index (χ4n) is 5.39. The predicted molar refractivity (Wildman–Crippen MR) is 121 cm³/mol. The smallest absolute Gasteiger partial charge is 0.334 e. The molecule has 0 spiro atoms. The Morgan fingerprint density at radius 2 is 1.79 bits per heavy atom. The van der Waals surface area contributed by atoms with Gasteiger partial charge in [0.05, 0.1) is 18.6 Å². The highest BCUT2D eigenvalue weighted by atomic mass is 28.4. The van der Waals surface area contributed by atoms with Gasteiger partial charge in [-0.25, -0.2) is 4.79 Å². The van der Waals surface area contributed by atoms with E-state index in [4.69, 9.17) is 9.16 Å². The Hall–Kier alpha value is -1.17. The van der Waals surface area contributed by atoms with Crippen LogP contribution in [-0.2, 0) is 14.0 Å². The molecule has 1 saturated heterocycles. The standard InChI is InChI=1S/C24H40O4Si/c1-15(2)29(16(3)4,17(5)6)27-14-20-11-9-10-18(7)12-21(25)23-19(8)24(26)28-22(23)13-20/h10,13,15-17,21-23,25H,8-9,11-12,14H2,1-7H3/b18-10+,20-13-/t21-,22+,23+/m0/s1. The maximum Gasteiger partial charge on any atom is 0.334 e. The highest BCUT2D eigenvalue weighted by molar-refractivity contribution is 6.77. The van der Waals surface area contributed by atoms with Gasteiger partial charge in [-0.2, -0.15) is 0 Å². The number of aliphatic hydroxyl groups excluding tert-OH is 1. The highest BCUT2D eigenvalue weighted by Crippen LogP contribution is 2.43. The molecule has 2 aliphatic rings. The summed E-state index contributed by atoms with van der Waals surface area (Å²) in [5.74, 6) is -0.784. The molecule has 4 nitrogen and oxygen atoms in total. The van der Waals surface area contributed by atoms with Crippen LogP contribution in [0.3, 0.4) is 0 Å². The van der Waals surface area contributed by atoms with Crippen LogP contribution in [0, 0.1) is 5.92 Å². The van der Waals surface area contributed by atoms with E-state index in [2.05, 4.69) is 54.2 Å². The third-order valence-corrected chi connectivity index (χ3v) is 12.8. The number of hydrogen-bond acceptors (Lipinski definition) is 4. The molecule has 0 aromatic heterocycles. The number of allylic oxidation sites excluding steroid dienone is 1. The lowest BCUT2D eigenvalue weighted by atomic mass is 9.85. The van der Waals surface area contributed by atoms with Crippen molar-refractivity contribution in [2.75, 3.05) is 6.61 Å². The molecule has 5 heteroatoms. The number of fused-ring (bicyclic) bond motifs is 1. The first-order valence-electron chi connectivity index (χ1n) is 11.1. The third-order valence-electron chi connectivity index (χ3n) is 6.78. The second-order valence-electron chi connectivity index (χ2n) is 9.71. The number of rotatable bonds is 6. The first kappa shape index (κ1) is 24.1. The molecule has 0 bridgehead atoms. The lowest BCUT2D eigenvalue weighted by molar-refractivity contribution is -0.137. The largest absolute Gasteiger partial charge is 0.454 e. The lowest BCUT2D eigenvalue weighted by Crippen LogP contribution is -2.48. The molecule has 1 aliphatic heterocycles. The van der Waals surface area contributed by atoms with Crippen molar-refractivity contribution in [3.63, 3.8) is 0 Å². The molecule has 1 heterocycles. The fourth-order valence-corrected chi connectivity index (χ4v) is 10.8. The summed E-state index contributed by atoms with van der Waals surface area (Å²) in [5.41, 5.74) is 4.22. The topological polar surface area (TPSA) is 55.8 Å². The number of carbonyl (C=O) groups excluding carboxylic acids is 1. The predicted octanol–water partition coefficient (Wildman–Crippen LogP) is 5.69. The van der Waals surface area contributed by atoms with E-state index in [1.54, 1.807) is 0 Å². The van der Waals surface area contributed by atoms with E-state index in [9.17, 15) is 9.90 Å². The Balaban J connectivity index is 2.33. The van der Waals surface area contributed by atoms with Crippen molar-refractivity contribution in [2.24, 2.45) is 5.92 Å². The van der Waals surface area contributed by atoms with Crippen molar-refractivity contribution in [2.45, 2.75) is 96.6 Å². The van der Waals surface area contributed by atoms with Gasteiger partial charge >= 0.3 is 5.97 Å². The van der Waals surface area contributed by atoms with Crippen LogP contribution in [0.2, 0.25) is 16.6 Å². The summed E-state index contributed by atoms with van der Waals surface area (Å²) in [6.45, 7) is 20.2. The summed E-state index contributed by atoms with van der Waals surface area (Å²) in [6, 6.07) is 0. The van der Waals surface area contributed by atoms with Crippen molar-refractivity contribution in [1.29, 1.82) is 0 Å². The van der Waals surface area contributed by atoms with Crippen LogP contribution in [0.25, 0.3) is 0 Å². The third kappa shape index (κ3) is 5.12. The van der Waals surface area contributed by atoms with Crippen LogP contribution < -0.4 is 0 Å². The second kappa shape index (κ2) is 9.76. The van der Waals surface area contributed by atoms with Gasteiger partial charge in [-0.15, -0.1) is 0 Å². The molecule has 1 aliphatic carbocycles. The average molecular weight is 421 g/mol. The number of ether oxygens (including phenoxy) is 1. The van der Waals surface area contributed by atoms with Gasteiger partial charge in [0.2, 0.25) is 8.32 Å². The van der Waals surface area contributed by atoms with Gasteiger partial charge in [-0.3, -0.25) is 0 Å². The number of hydrogen-bond donors (Lipinski definition) is 1. The Kier molecular flexibility index (Phi) is 8.11. The van der Waals surface area contributed by atoms with Crippen LogP contribution in [0.1, 0.15) is 67.7 Å². The zero-order valence-electron chi connectivity index (χ0n) is 19.3. The van der Waals surface area contributed by atoms with Crippen molar-refractivity contribution in [3.8, 4) is 0 Å². The molecule has 0 saturated carbocycles. The Morgan fingerprint density at radius 1 is 1.21 bits per heavy atom. The molecular formula is C24H40O4Si. The van der Waals surface area contributed by atoms with Gasteiger partial charge in [0, 0.05) is 5.57 Å². The molecule has 164 valence electrons. The molecule has 0 radical (unpaired) electrons. The monoisotopic (exact) mass is 420 g/mol. The summed E-state index contributed by atoms with van der Waals surface area (Å²) < 4.78 is 12.4. The van der Waals surface area contributed by atoms with Gasteiger partial charge in [0.15, 0.2) is 0 Å². The second-order valence-corrected chi connectivity index (χ2v) is 15.2. The molecule has 0 aromatic carbocycles. The van der Waals surface area contributed by atoms with Crippen molar-refractivity contribution >= 4 is 14.3 Å². The zero-order chi connectivity index (χ0) is 21.9. The molecular weight excluding hydrogens is 380 g/mol. The SMILES string of the molecule is C=C1C(=O)O[C@@H]2/C=C(\CO[Si](C(C)C)(C(C)C)C(C)C)CC/C=C(\C)C[C@H](O)[C@@H]12. The minimum Gasteiger partial charge on any atom is -0.454 e. The first-order valence-corrected chi connectivity index (χ1v) is 13.2. The molecule has 2 rings (SSSR count). The molecule has 1 N–H and O–H groups in total. The average Bonchev–Trinajstić information content (AvgIpc) is 2.87. The quantitative estimate of drug-likeness (QED) is 0.259. The van der Waals surface area contributed by atoms with Crippen LogP contribution >= 0.6 is 0 Å². The first-order chi connectivity index (χ1) is 13.5. The Morgan fingerprint density at radius 3 is 2.34 bits per heavy atom. The van der Waals surface area contributed by atoms with Crippen LogP contribution in [-0.4, -0.2) is 38.2 Å². The minimum atomic E-state index is -1.98. The van der Waals surface area contributed by atoms with Gasteiger partial charge < -0.3 is 14.3 Å². The molecule has 29 heavy (non-hydrogen) atoms. The van der Waals surface area contributed by atoms with E-state index in [-0.39, 0.29) is 5.92 Å². The molecule has 3 atom stereocenters. The van der Waals surface area contributed by atoms with Crippen LogP contribution in [0.5, 0.6) is 0 Å². The summed E-state index contributed by atoms with van der Waals surface area (Å²) in [4.78, 5) is 12.2. The number of aliphatic hydroxyl groups is 1. The van der Waals surface area contributed by atoms with E-state index in [0.717, 1.165) is 24.0 Å². The van der Waals surface area contributed by atoms with E-state index in [0.29, 0.717) is 35.2 Å². The number of carbonyl (C=O) groups is 1. The van der Waals surface area contributed by atoms with Crippen molar-refractivity contribution < 1.29 is 19.1 Å². The van der Waals surface area contributed by atoms with Crippen LogP contribution in [0.15, 0.2) is 35.5 Å². The maximum atomic E-state index is 12.2. The fraction of sp³-hybridized carbons (Fsp3) is 0.708. The summed E-state index contributed by atoms with van der Waals surface area (Å²) >= 11 is 0. The zero-order valence-corrected chi connectivity index (χ0v) is 20.3. The van der Waals surface area contributed by atoms with Gasteiger partial charge in [0.1, 0.15) is 6.10 Å². The highest BCUT2D eigenvalue weighted by Gasteiger charge is 2.45. The summed E-state index contributed by atoms with van der Waals surface area (Å²) in [7, 11) is -1.98. The molecule has 0 unspecified atom stereocenters. The summed E-state index contributed by atoms with van der Waals surface area (Å²) in [6.07, 6.45) is 5.42. The Bertz CT molecular complexity index is 653. The number of esters is 1. The molecule has 1 fully saturated rings. The normalized spacial score (nSPS) is 30.1. The van der Waals surface area contributed by atoms with E-state index < -0.39 is 26.5 Å². The van der Waals surface area contributed by atoms with Gasteiger partial charge in [0.25, 0.3) is 0 Å². The maximum absolute atomic E-state index is 12.2. The van der Waals surface area contributed by atoms with E-state index >= 15 is 0 Å². The molecule has 0 amide bonds. The minimum absolute atomic E-state index is 0.377. The van der Waals surface area contributed by atoms with E-state index in [1.165, 1.54) is 0 Å². The van der Waals surface area contributed by atoms with Crippen molar-refractivity contribution in [3.05, 3.63) is 35.5 Å². The summed E-state index contributed by atoms with van der Waals surface area (Å²) in [5, 5.41) is 10.7. The molecule has 0 aromatic rings. The lowest BCUT2D eigenvalue weighted by Gasteiger charge is -2.42. The van der Waals surface area contributed by atoms with Crippen LogP contribution in [0.4, 0.5) is 0 Å². The van der Waals surface area contributed by atoms with Gasteiger partial charge in [-0.05, 0) is 54.5 Å². The van der Waals surface area contributed by atoms with Gasteiger partial charge in [-0.1, -0.05) is 59.8 Å². The van der Waals surface area contributed by atoms with Crippen molar-refractivity contribution in [1.82, 2.24) is 0 Å². The van der Waals surface area contributed by atoms with E-state index in [1.807, 2.05) is 13.0 Å². The Labute approximate surface area is 178 Å².